The third-order valence-corrected chi connectivity index (χ3v) is 2.73. The van der Waals surface area contributed by atoms with Crippen LogP contribution in [0.2, 0.25) is 0 Å². The minimum absolute atomic E-state index is 0.289. The summed E-state index contributed by atoms with van der Waals surface area (Å²) in [7, 11) is 0. The van der Waals surface area contributed by atoms with Crippen LogP contribution in [0.15, 0.2) is 35.1 Å². The van der Waals surface area contributed by atoms with Gasteiger partial charge in [0.05, 0.1) is 12.0 Å². The summed E-state index contributed by atoms with van der Waals surface area (Å²) in [6.07, 6.45) is 4.39. The molecule has 0 bridgehead atoms. The van der Waals surface area contributed by atoms with E-state index in [9.17, 15) is 0 Å². The fourth-order valence-corrected chi connectivity index (χ4v) is 1.68. The van der Waals surface area contributed by atoms with Crippen LogP contribution in [0.25, 0.3) is 0 Å². The first-order valence-corrected chi connectivity index (χ1v) is 6.19. The smallest absolute Gasteiger partial charge is 0.129 e. The molecule has 5 nitrogen and oxygen atoms in total. The quantitative estimate of drug-likeness (QED) is 0.704. The van der Waals surface area contributed by atoms with E-state index in [1.54, 1.807) is 12.5 Å². The van der Waals surface area contributed by atoms with Crippen molar-refractivity contribution >= 4 is 0 Å². The molecule has 1 atom stereocenters. The monoisotopic (exact) mass is 249 g/mol. The fourth-order valence-electron chi connectivity index (χ4n) is 1.68. The normalized spacial score (nSPS) is 12.7. The van der Waals surface area contributed by atoms with E-state index in [2.05, 4.69) is 22.4 Å². The van der Waals surface area contributed by atoms with Crippen LogP contribution in [0.5, 0.6) is 0 Å². The lowest BCUT2D eigenvalue weighted by Crippen LogP contribution is -2.21. The number of ether oxygens (including phenoxy) is 1. The first kappa shape index (κ1) is 12.9. The van der Waals surface area contributed by atoms with Gasteiger partial charge in [0.25, 0.3) is 0 Å². The summed E-state index contributed by atoms with van der Waals surface area (Å²) in [6.45, 7) is 4.29. The van der Waals surface area contributed by atoms with Crippen molar-refractivity contribution in [1.29, 1.82) is 0 Å². The standard InChI is InChI=1S/C13H19N3O2/c1-11(13-5-7-15-16-13)14-6-3-8-17-10-12-4-2-9-18-12/h2,4-5,7,9,11,14H,3,6,8,10H2,1H3,(H,15,16). The van der Waals surface area contributed by atoms with Gasteiger partial charge in [-0.3, -0.25) is 5.10 Å². The second-order valence-corrected chi connectivity index (χ2v) is 4.17. The average Bonchev–Trinajstić information content (AvgIpc) is 3.05. The molecule has 0 fully saturated rings. The number of nitrogens with zero attached hydrogens (tertiary/aromatic N) is 1. The Kier molecular flexibility index (Phi) is 4.99. The predicted molar refractivity (Wildman–Crippen MR) is 68.0 cm³/mol. The van der Waals surface area contributed by atoms with Crippen molar-refractivity contribution in [1.82, 2.24) is 15.5 Å². The fraction of sp³-hybridized carbons (Fsp3) is 0.462. The minimum atomic E-state index is 0.289. The molecule has 2 N–H and O–H groups in total. The van der Waals surface area contributed by atoms with E-state index in [0.29, 0.717) is 6.61 Å². The molecule has 2 aromatic rings. The molecule has 2 aromatic heterocycles. The maximum Gasteiger partial charge on any atom is 0.129 e. The molecule has 0 aliphatic heterocycles. The lowest BCUT2D eigenvalue weighted by Gasteiger charge is -2.11. The van der Waals surface area contributed by atoms with Gasteiger partial charge in [-0.1, -0.05) is 0 Å². The number of hydrogen-bond acceptors (Lipinski definition) is 4. The first-order valence-electron chi connectivity index (χ1n) is 6.19. The maximum atomic E-state index is 5.50. The summed E-state index contributed by atoms with van der Waals surface area (Å²) in [4.78, 5) is 0. The number of aromatic nitrogens is 2. The van der Waals surface area contributed by atoms with Gasteiger partial charge in [-0.2, -0.15) is 5.10 Å². The van der Waals surface area contributed by atoms with Gasteiger partial charge >= 0.3 is 0 Å². The molecule has 98 valence electrons. The van der Waals surface area contributed by atoms with Gasteiger partial charge in [0, 0.05) is 18.8 Å². The SMILES string of the molecule is CC(NCCCOCc1ccco1)c1ccn[nH]1. The van der Waals surface area contributed by atoms with Gasteiger partial charge in [0.2, 0.25) is 0 Å². The van der Waals surface area contributed by atoms with E-state index >= 15 is 0 Å². The van der Waals surface area contributed by atoms with E-state index in [-0.39, 0.29) is 6.04 Å². The molecule has 0 aliphatic carbocycles. The summed E-state index contributed by atoms with van der Waals surface area (Å²) in [5.74, 6) is 0.869. The molecule has 0 aromatic carbocycles. The molecule has 0 saturated heterocycles. The van der Waals surface area contributed by atoms with Gasteiger partial charge in [0.15, 0.2) is 0 Å². The highest BCUT2D eigenvalue weighted by Gasteiger charge is 2.04. The number of nitrogens with one attached hydrogen (secondary N) is 2. The Morgan fingerprint density at radius 3 is 3.17 bits per heavy atom. The zero-order chi connectivity index (χ0) is 12.6. The van der Waals surface area contributed by atoms with Crippen molar-refractivity contribution in [3.05, 3.63) is 42.1 Å². The first-order chi connectivity index (χ1) is 8.86. The second-order valence-electron chi connectivity index (χ2n) is 4.17. The van der Waals surface area contributed by atoms with Crippen molar-refractivity contribution in [2.45, 2.75) is 26.0 Å². The lowest BCUT2D eigenvalue weighted by atomic mass is 10.2. The Morgan fingerprint density at radius 2 is 2.44 bits per heavy atom. The van der Waals surface area contributed by atoms with Crippen LogP contribution in [0.4, 0.5) is 0 Å². The van der Waals surface area contributed by atoms with E-state index in [1.807, 2.05) is 18.2 Å². The largest absolute Gasteiger partial charge is 0.467 e. The highest BCUT2D eigenvalue weighted by molar-refractivity contribution is 5.02. The molecule has 0 spiro atoms. The zero-order valence-electron chi connectivity index (χ0n) is 10.6. The van der Waals surface area contributed by atoms with E-state index in [1.165, 1.54) is 0 Å². The van der Waals surface area contributed by atoms with Gasteiger partial charge in [-0.15, -0.1) is 0 Å². The van der Waals surface area contributed by atoms with Crippen molar-refractivity contribution < 1.29 is 9.15 Å². The second kappa shape index (κ2) is 6.98. The third-order valence-electron chi connectivity index (χ3n) is 2.73. The third kappa shape index (κ3) is 4.01. The van der Waals surface area contributed by atoms with Crippen LogP contribution in [0.3, 0.4) is 0 Å². The Bertz CT molecular complexity index is 411. The van der Waals surface area contributed by atoms with E-state index < -0.39 is 0 Å². The van der Waals surface area contributed by atoms with Crippen molar-refractivity contribution in [2.75, 3.05) is 13.2 Å². The van der Waals surface area contributed by atoms with Gasteiger partial charge in [-0.05, 0) is 38.1 Å². The number of H-pyrrole nitrogens is 1. The molecule has 5 heteroatoms. The number of hydrogen-bond donors (Lipinski definition) is 2. The number of rotatable bonds is 8. The minimum Gasteiger partial charge on any atom is -0.467 e. The van der Waals surface area contributed by atoms with E-state index in [4.69, 9.17) is 9.15 Å². The van der Waals surface area contributed by atoms with Crippen LogP contribution in [0.1, 0.15) is 30.8 Å². The van der Waals surface area contributed by atoms with Crippen LogP contribution < -0.4 is 5.32 Å². The summed E-state index contributed by atoms with van der Waals surface area (Å²) < 4.78 is 10.7. The number of aromatic amines is 1. The highest BCUT2D eigenvalue weighted by Crippen LogP contribution is 2.07. The van der Waals surface area contributed by atoms with Crippen LogP contribution >= 0.6 is 0 Å². The maximum absolute atomic E-state index is 5.50. The average molecular weight is 249 g/mol. The Balaban J connectivity index is 1.51. The van der Waals surface area contributed by atoms with Crippen LogP contribution in [-0.2, 0) is 11.3 Å². The molecular weight excluding hydrogens is 230 g/mol. The van der Waals surface area contributed by atoms with Gasteiger partial charge < -0.3 is 14.5 Å². The van der Waals surface area contributed by atoms with Crippen LogP contribution in [0, 0.1) is 0 Å². The Morgan fingerprint density at radius 1 is 1.50 bits per heavy atom. The molecular formula is C13H19N3O2. The summed E-state index contributed by atoms with van der Waals surface area (Å²) in [6, 6.07) is 6.05. The number of furan rings is 1. The summed E-state index contributed by atoms with van der Waals surface area (Å²) in [5, 5.41) is 10.3. The molecule has 1 unspecified atom stereocenters. The highest BCUT2D eigenvalue weighted by atomic mass is 16.5. The molecule has 2 heterocycles. The predicted octanol–water partition coefficient (Wildman–Crippen LogP) is 2.26. The molecule has 18 heavy (non-hydrogen) atoms. The molecule has 0 saturated carbocycles. The van der Waals surface area contributed by atoms with Crippen molar-refractivity contribution in [2.24, 2.45) is 0 Å². The van der Waals surface area contributed by atoms with Gasteiger partial charge in [-0.25, -0.2) is 0 Å². The lowest BCUT2D eigenvalue weighted by molar-refractivity contribution is 0.103. The summed E-state index contributed by atoms with van der Waals surface area (Å²) >= 11 is 0. The Labute approximate surface area is 107 Å². The van der Waals surface area contributed by atoms with Crippen molar-refractivity contribution in [3.63, 3.8) is 0 Å². The molecule has 0 aliphatic rings. The summed E-state index contributed by atoms with van der Waals surface area (Å²) in [5.41, 5.74) is 1.10. The Hall–Kier alpha value is -1.59. The molecule has 2 rings (SSSR count). The topological polar surface area (TPSA) is 63.1 Å². The zero-order valence-corrected chi connectivity index (χ0v) is 10.6. The molecule has 0 amide bonds. The van der Waals surface area contributed by atoms with Gasteiger partial charge in [0.1, 0.15) is 12.4 Å². The molecule has 0 radical (unpaired) electrons. The van der Waals surface area contributed by atoms with Crippen molar-refractivity contribution in [3.8, 4) is 0 Å². The van der Waals surface area contributed by atoms with E-state index in [0.717, 1.165) is 31.0 Å². The van der Waals surface area contributed by atoms with Crippen LogP contribution in [-0.4, -0.2) is 23.3 Å².